The van der Waals surface area contributed by atoms with Crippen LogP contribution in [0.15, 0.2) is 30.3 Å². The maximum Gasteiger partial charge on any atom is 0.115 e. The summed E-state index contributed by atoms with van der Waals surface area (Å²) < 4.78 is 1.04. The van der Waals surface area contributed by atoms with Crippen molar-refractivity contribution in [3.63, 3.8) is 0 Å². The summed E-state index contributed by atoms with van der Waals surface area (Å²) in [6.07, 6.45) is 0. The van der Waals surface area contributed by atoms with Gasteiger partial charge in [-0.05, 0) is 5.56 Å². The number of rotatable bonds is 2. The first-order valence-corrected chi connectivity index (χ1v) is 9.72. The molecule has 0 bridgehead atoms. The molecule has 1 aromatic carbocycles. The van der Waals surface area contributed by atoms with Gasteiger partial charge in [-0.3, -0.25) is 0 Å². The normalized spacial score (nSPS) is 11.3. The lowest BCUT2D eigenvalue weighted by atomic mass is 10.2. The molecule has 1 rings (SSSR count). The fourth-order valence-electron chi connectivity index (χ4n) is 0.911. The largest absolute Gasteiger partial charge is 0.140 e. The van der Waals surface area contributed by atoms with Crippen LogP contribution in [-0.2, 0) is 0 Å². The maximum atomic E-state index is 5.37. The molecule has 0 unspecified atom stereocenters. The van der Waals surface area contributed by atoms with Crippen molar-refractivity contribution in [2.45, 2.75) is 19.6 Å². The molecule has 0 saturated carbocycles. The Labute approximate surface area is 90.4 Å². The van der Waals surface area contributed by atoms with Crippen LogP contribution in [-0.4, -0.2) is 11.4 Å². The number of hydrogen-bond donors (Lipinski definition) is 0. The number of thiocarbonyl (C=S) groups is 1. The summed E-state index contributed by atoms with van der Waals surface area (Å²) in [5, 5.41) is 0. The third-order valence-electron chi connectivity index (χ3n) is 1.41. The van der Waals surface area contributed by atoms with Crippen LogP contribution in [0.2, 0.25) is 19.6 Å². The van der Waals surface area contributed by atoms with Crippen molar-refractivity contribution in [3.05, 3.63) is 35.9 Å². The first kappa shape index (κ1) is 11.0. The summed E-state index contributed by atoms with van der Waals surface area (Å²) in [5.74, 6) is 0. The molecule has 0 saturated heterocycles. The highest BCUT2D eigenvalue weighted by Gasteiger charge is 2.17. The summed E-state index contributed by atoms with van der Waals surface area (Å²) in [5.41, 5.74) is 1.19. The Morgan fingerprint density at radius 2 is 1.69 bits per heavy atom. The van der Waals surface area contributed by atoms with E-state index in [0.717, 1.165) is 4.20 Å². The van der Waals surface area contributed by atoms with Crippen molar-refractivity contribution in [2.24, 2.45) is 0 Å². The minimum absolute atomic E-state index is 1.04. The zero-order chi connectivity index (χ0) is 9.90. The average Bonchev–Trinajstić information content (AvgIpc) is 2.03. The second-order valence-corrected chi connectivity index (χ2v) is 13.7. The quantitative estimate of drug-likeness (QED) is 0.553. The van der Waals surface area contributed by atoms with E-state index in [2.05, 4.69) is 31.8 Å². The molecule has 13 heavy (non-hydrogen) atoms. The van der Waals surface area contributed by atoms with Gasteiger partial charge in [0.15, 0.2) is 0 Å². The van der Waals surface area contributed by atoms with Gasteiger partial charge in [-0.15, -0.1) is 11.2 Å². The SMILES string of the molecule is C[Si](C)(C)SC(=S)c1ccccc1. The van der Waals surface area contributed by atoms with Crippen LogP contribution in [0.1, 0.15) is 5.56 Å². The fourth-order valence-corrected chi connectivity index (χ4v) is 6.13. The second-order valence-electron chi connectivity index (χ2n) is 3.87. The highest BCUT2D eigenvalue weighted by atomic mass is 32.4. The molecule has 3 heteroatoms. The lowest BCUT2D eigenvalue weighted by molar-refractivity contribution is 1.69. The zero-order valence-electron chi connectivity index (χ0n) is 8.20. The van der Waals surface area contributed by atoms with Gasteiger partial charge >= 0.3 is 0 Å². The van der Waals surface area contributed by atoms with E-state index in [0.29, 0.717) is 0 Å². The smallest absolute Gasteiger partial charge is 0.115 e. The van der Waals surface area contributed by atoms with Gasteiger partial charge in [0.1, 0.15) is 7.22 Å². The predicted molar refractivity (Wildman–Crippen MR) is 69.1 cm³/mol. The van der Waals surface area contributed by atoms with Gasteiger partial charge < -0.3 is 0 Å². The first-order chi connectivity index (χ1) is 5.99. The molecular formula is C10H14S2Si. The van der Waals surface area contributed by atoms with Crippen LogP contribution < -0.4 is 0 Å². The van der Waals surface area contributed by atoms with Gasteiger partial charge in [-0.2, -0.15) is 0 Å². The molecule has 0 aliphatic carbocycles. The molecule has 70 valence electrons. The Kier molecular flexibility index (Phi) is 3.70. The van der Waals surface area contributed by atoms with Gasteiger partial charge in [-0.25, -0.2) is 0 Å². The van der Waals surface area contributed by atoms with Crippen molar-refractivity contribution < 1.29 is 0 Å². The monoisotopic (exact) mass is 226 g/mol. The van der Waals surface area contributed by atoms with E-state index in [1.165, 1.54) is 5.56 Å². The van der Waals surface area contributed by atoms with Gasteiger partial charge in [0.05, 0.1) is 4.20 Å². The molecule has 0 radical (unpaired) electrons. The molecule has 0 N–H and O–H groups in total. The van der Waals surface area contributed by atoms with Gasteiger partial charge in [0, 0.05) is 0 Å². The van der Waals surface area contributed by atoms with E-state index in [1.807, 2.05) is 29.4 Å². The van der Waals surface area contributed by atoms with E-state index in [4.69, 9.17) is 12.2 Å². The Morgan fingerprint density at radius 3 is 2.15 bits per heavy atom. The number of benzene rings is 1. The van der Waals surface area contributed by atoms with E-state index >= 15 is 0 Å². The summed E-state index contributed by atoms with van der Waals surface area (Å²) in [6, 6.07) is 10.2. The van der Waals surface area contributed by atoms with Crippen LogP contribution in [0, 0.1) is 0 Å². The average molecular weight is 226 g/mol. The van der Waals surface area contributed by atoms with Gasteiger partial charge in [0.2, 0.25) is 0 Å². The minimum atomic E-state index is -1.13. The Hall–Kier alpha value is -0.123. The lowest BCUT2D eigenvalue weighted by Crippen LogP contribution is -2.17. The van der Waals surface area contributed by atoms with E-state index in [-0.39, 0.29) is 0 Å². The second kappa shape index (κ2) is 4.40. The van der Waals surface area contributed by atoms with Crippen LogP contribution >= 0.6 is 23.4 Å². The summed E-state index contributed by atoms with van der Waals surface area (Å²) >= 11 is 7.25. The molecular weight excluding hydrogens is 212 g/mol. The molecule has 0 spiro atoms. The van der Waals surface area contributed by atoms with E-state index in [1.54, 1.807) is 0 Å². The lowest BCUT2D eigenvalue weighted by Gasteiger charge is -2.15. The summed E-state index contributed by atoms with van der Waals surface area (Å²) in [7, 11) is -1.13. The zero-order valence-corrected chi connectivity index (χ0v) is 10.8. The molecule has 0 aliphatic heterocycles. The molecule has 1 aromatic rings. The van der Waals surface area contributed by atoms with E-state index in [9.17, 15) is 0 Å². The molecule has 0 fully saturated rings. The molecule has 0 aromatic heterocycles. The summed E-state index contributed by atoms with van der Waals surface area (Å²) in [4.78, 5) is 0. The van der Waals surface area contributed by atoms with Crippen molar-refractivity contribution in [1.82, 2.24) is 0 Å². The third-order valence-corrected chi connectivity index (χ3v) is 5.82. The first-order valence-electron chi connectivity index (χ1n) is 4.27. The Bertz CT molecular complexity index is 288. The van der Waals surface area contributed by atoms with Gasteiger partial charge in [-0.1, -0.05) is 62.2 Å². The molecule has 0 nitrogen and oxygen atoms in total. The Morgan fingerprint density at radius 1 is 1.15 bits per heavy atom. The number of hydrogen-bond acceptors (Lipinski definition) is 2. The molecule has 0 heterocycles. The topological polar surface area (TPSA) is 0 Å². The highest BCUT2D eigenvalue weighted by Crippen LogP contribution is 2.24. The highest BCUT2D eigenvalue weighted by molar-refractivity contribution is 8.44. The van der Waals surface area contributed by atoms with Crippen molar-refractivity contribution in [1.29, 1.82) is 0 Å². The van der Waals surface area contributed by atoms with Crippen LogP contribution in [0.5, 0.6) is 0 Å². The van der Waals surface area contributed by atoms with Crippen molar-refractivity contribution in [2.75, 3.05) is 0 Å². The standard InChI is InChI=1S/C10H14S2Si/c1-13(2,3)12-10(11)9-7-5-4-6-8-9/h4-8H,1-3H3. The molecule has 0 amide bonds. The summed E-state index contributed by atoms with van der Waals surface area (Å²) in [6.45, 7) is 6.94. The van der Waals surface area contributed by atoms with Crippen LogP contribution in [0.3, 0.4) is 0 Å². The molecule has 0 atom stereocenters. The third kappa shape index (κ3) is 4.07. The predicted octanol–water partition coefficient (Wildman–Crippen LogP) is 3.93. The minimum Gasteiger partial charge on any atom is -0.140 e. The van der Waals surface area contributed by atoms with Crippen LogP contribution in [0.4, 0.5) is 0 Å². The van der Waals surface area contributed by atoms with E-state index < -0.39 is 7.22 Å². The van der Waals surface area contributed by atoms with Gasteiger partial charge in [0.25, 0.3) is 0 Å². The Balaban J connectivity index is 2.71. The maximum absolute atomic E-state index is 5.37. The molecule has 0 aliphatic rings. The van der Waals surface area contributed by atoms with Crippen molar-refractivity contribution >= 4 is 34.8 Å². The fraction of sp³-hybridized carbons (Fsp3) is 0.300. The van der Waals surface area contributed by atoms with Crippen molar-refractivity contribution in [3.8, 4) is 0 Å². The van der Waals surface area contributed by atoms with Crippen LogP contribution in [0.25, 0.3) is 0 Å².